The van der Waals surface area contributed by atoms with Crippen molar-refractivity contribution in [2.24, 2.45) is 11.7 Å². The molecular weight excluding hydrogens is 288 g/mol. The largest absolute Gasteiger partial charge is 0.497 e. The van der Waals surface area contributed by atoms with Gasteiger partial charge in [0, 0.05) is 19.2 Å². The molecule has 2 N–H and O–H groups in total. The number of halogens is 1. The fourth-order valence-electron chi connectivity index (χ4n) is 2.45. The molecule has 1 aromatic rings. The summed E-state index contributed by atoms with van der Waals surface area (Å²) in [5, 5.41) is 0. The lowest BCUT2D eigenvalue weighted by molar-refractivity contribution is -0.125. The number of amides is 1. The van der Waals surface area contributed by atoms with Gasteiger partial charge in [0.05, 0.1) is 7.11 Å². The van der Waals surface area contributed by atoms with Gasteiger partial charge in [-0.3, -0.25) is 4.79 Å². The van der Waals surface area contributed by atoms with Crippen LogP contribution < -0.4 is 10.5 Å². The predicted molar refractivity (Wildman–Crippen MR) is 87.6 cm³/mol. The Labute approximate surface area is 132 Å². The lowest BCUT2D eigenvalue weighted by atomic mass is 10.1. The first-order valence-electron chi connectivity index (χ1n) is 6.95. The van der Waals surface area contributed by atoms with E-state index in [1.807, 2.05) is 36.1 Å². The molecule has 1 heterocycles. The molecule has 1 amide bonds. The minimum Gasteiger partial charge on any atom is -0.497 e. The summed E-state index contributed by atoms with van der Waals surface area (Å²) in [6.07, 6.45) is 2.71. The number of benzene rings is 1. The maximum Gasteiger partial charge on any atom is 0.246 e. The van der Waals surface area contributed by atoms with Gasteiger partial charge in [-0.25, -0.2) is 0 Å². The molecule has 4 nitrogen and oxygen atoms in total. The number of carbonyl (C=O) groups excluding carboxylic acids is 1. The summed E-state index contributed by atoms with van der Waals surface area (Å²) in [7, 11) is 1.64. The zero-order valence-electron chi connectivity index (χ0n) is 12.5. The Balaban J connectivity index is 0.00000220. The van der Waals surface area contributed by atoms with Crippen molar-refractivity contribution in [1.82, 2.24) is 4.90 Å². The van der Waals surface area contributed by atoms with Gasteiger partial charge in [0.15, 0.2) is 0 Å². The Bertz CT molecular complexity index is 517. The Kier molecular flexibility index (Phi) is 6.72. The van der Waals surface area contributed by atoms with Crippen molar-refractivity contribution in [2.75, 3.05) is 26.7 Å². The molecule has 1 aliphatic heterocycles. The van der Waals surface area contributed by atoms with Gasteiger partial charge in [-0.2, -0.15) is 0 Å². The lowest BCUT2D eigenvalue weighted by Gasteiger charge is -2.14. The number of carbonyl (C=O) groups is 1. The number of nitrogens with zero attached hydrogens (tertiary/aromatic N) is 1. The number of likely N-dealkylation sites (tertiary alicyclic amines) is 1. The van der Waals surface area contributed by atoms with E-state index in [2.05, 4.69) is 0 Å². The fourth-order valence-corrected chi connectivity index (χ4v) is 2.45. The smallest absolute Gasteiger partial charge is 0.246 e. The molecule has 21 heavy (non-hydrogen) atoms. The standard InChI is InChI=1S/C16H22N2O2.ClH/c1-12(14-4-3-5-15(9-14)20-2)8-16(19)18-7-6-13(10-17)11-18;/h3-5,8-9,13H,6-7,10-11,17H2,1-2H3;1H/b12-8+;. The van der Waals surface area contributed by atoms with E-state index in [1.165, 1.54) is 0 Å². The Hall–Kier alpha value is -1.52. The zero-order valence-corrected chi connectivity index (χ0v) is 13.4. The van der Waals surface area contributed by atoms with Crippen molar-refractivity contribution in [2.45, 2.75) is 13.3 Å². The number of methoxy groups -OCH3 is 1. The highest BCUT2D eigenvalue weighted by molar-refractivity contribution is 5.95. The van der Waals surface area contributed by atoms with Crippen LogP contribution >= 0.6 is 12.4 Å². The van der Waals surface area contributed by atoms with E-state index >= 15 is 0 Å². The normalized spacial score (nSPS) is 18.3. The molecule has 1 atom stereocenters. The molecule has 0 spiro atoms. The summed E-state index contributed by atoms with van der Waals surface area (Å²) >= 11 is 0. The first-order valence-corrected chi connectivity index (χ1v) is 6.95. The number of rotatable bonds is 4. The average Bonchev–Trinajstić information content (AvgIpc) is 2.96. The van der Waals surface area contributed by atoms with Crippen LogP contribution in [-0.2, 0) is 4.79 Å². The van der Waals surface area contributed by atoms with E-state index in [1.54, 1.807) is 13.2 Å². The molecule has 1 saturated heterocycles. The summed E-state index contributed by atoms with van der Waals surface area (Å²) < 4.78 is 5.20. The first-order chi connectivity index (χ1) is 9.63. The molecule has 0 radical (unpaired) electrons. The minimum absolute atomic E-state index is 0. The van der Waals surface area contributed by atoms with Crippen LogP contribution in [0.4, 0.5) is 0 Å². The molecule has 1 fully saturated rings. The van der Waals surface area contributed by atoms with Crippen LogP contribution in [0.1, 0.15) is 18.9 Å². The molecule has 2 rings (SSSR count). The van der Waals surface area contributed by atoms with Gasteiger partial charge in [0.25, 0.3) is 0 Å². The molecule has 0 bridgehead atoms. The third-order valence-electron chi connectivity index (χ3n) is 3.80. The second-order valence-corrected chi connectivity index (χ2v) is 5.23. The predicted octanol–water partition coefficient (Wildman–Crippen LogP) is 2.33. The van der Waals surface area contributed by atoms with Gasteiger partial charge < -0.3 is 15.4 Å². The van der Waals surface area contributed by atoms with Crippen molar-refractivity contribution in [1.29, 1.82) is 0 Å². The van der Waals surface area contributed by atoms with Crippen molar-refractivity contribution in [3.63, 3.8) is 0 Å². The Morgan fingerprint density at radius 1 is 1.52 bits per heavy atom. The van der Waals surface area contributed by atoms with Gasteiger partial charge in [-0.15, -0.1) is 12.4 Å². The number of nitrogens with two attached hydrogens (primary N) is 1. The third kappa shape index (κ3) is 4.48. The van der Waals surface area contributed by atoms with Crippen LogP contribution in [0.5, 0.6) is 5.75 Å². The summed E-state index contributed by atoms with van der Waals surface area (Å²) in [4.78, 5) is 14.1. The highest BCUT2D eigenvalue weighted by Crippen LogP contribution is 2.21. The summed E-state index contributed by atoms with van der Waals surface area (Å²) in [6.45, 7) is 4.19. The van der Waals surface area contributed by atoms with Crippen LogP contribution in [-0.4, -0.2) is 37.6 Å². The maximum absolute atomic E-state index is 12.2. The average molecular weight is 311 g/mol. The van der Waals surface area contributed by atoms with Crippen molar-refractivity contribution >= 4 is 23.9 Å². The maximum atomic E-state index is 12.2. The first kappa shape index (κ1) is 17.5. The topological polar surface area (TPSA) is 55.6 Å². The third-order valence-corrected chi connectivity index (χ3v) is 3.80. The van der Waals surface area contributed by atoms with Crippen LogP contribution in [0, 0.1) is 5.92 Å². The monoisotopic (exact) mass is 310 g/mol. The number of hydrogen-bond donors (Lipinski definition) is 1. The van der Waals surface area contributed by atoms with Gasteiger partial charge in [0.1, 0.15) is 5.75 Å². The SMILES string of the molecule is COc1cccc(/C(C)=C/C(=O)N2CCC(CN)C2)c1.Cl. The van der Waals surface area contributed by atoms with Crippen LogP contribution in [0.3, 0.4) is 0 Å². The molecule has 5 heteroatoms. The number of hydrogen-bond acceptors (Lipinski definition) is 3. The molecule has 0 aromatic heterocycles. The summed E-state index contributed by atoms with van der Waals surface area (Å²) in [5.74, 6) is 1.32. The van der Waals surface area contributed by atoms with E-state index in [-0.39, 0.29) is 18.3 Å². The van der Waals surface area contributed by atoms with E-state index in [4.69, 9.17) is 10.5 Å². The van der Waals surface area contributed by atoms with Crippen LogP contribution in [0.15, 0.2) is 30.3 Å². The highest BCUT2D eigenvalue weighted by Gasteiger charge is 2.24. The van der Waals surface area contributed by atoms with E-state index < -0.39 is 0 Å². The van der Waals surface area contributed by atoms with E-state index in [0.717, 1.165) is 36.4 Å². The van der Waals surface area contributed by atoms with E-state index in [9.17, 15) is 4.79 Å². The number of ether oxygens (including phenoxy) is 1. The molecule has 116 valence electrons. The Morgan fingerprint density at radius 3 is 2.90 bits per heavy atom. The molecule has 1 unspecified atom stereocenters. The summed E-state index contributed by atoms with van der Waals surface area (Å²) in [5.41, 5.74) is 7.61. The molecule has 0 saturated carbocycles. The highest BCUT2D eigenvalue weighted by atomic mass is 35.5. The van der Waals surface area contributed by atoms with Gasteiger partial charge in [-0.05, 0) is 49.1 Å². The molecular formula is C16H23ClN2O2. The van der Waals surface area contributed by atoms with E-state index in [0.29, 0.717) is 12.5 Å². The van der Waals surface area contributed by atoms with Crippen LogP contribution in [0.25, 0.3) is 5.57 Å². The molecule has 1 aromatic carbocycles. The molecule has 1 aliphatic rings. The van der Waals surface area contributed by atoms with Crippen LogP contribution in [0.2, 0.25) is 0 Å². The molecule has 0 aliphatic carbocycles. The second kappa shape index (κ2) is 8.05. The number of allylic oxidation sites excluding steroid dienone is 1. The quantitative estimate of drug-likeness (QED) is 0.868. The lowest BCUT2D eigenvalue weighted by Crippen LogP contribution is -2.28. The summed E-state index contributed by atoms with van der Waals surface area (Å²) in [6, 6.07) is 7.74. The van der Waals surface area contributed by atoms with Crippen molar-refractivity contribution in [3.8, 4) is 5.75 Å². The Morgan fingerprint density at radius 2 is 2.29 bits per heavy atom. The fraction of sp³-hybridized carbons (Fsp3) is 0.438. The van der Waals surface area contributed by atoms with Crippen molar-refractivity contribution in [3.05, 3.63) is 35.9 Å². The van der Waals surface area contributed by atoms with Gasteiger partial charge in [-0.1, -0.05) is 12.1 Å². The minimum atomic E-state index is 0. The van der Waals surface area contributed by atoms with Gasteiger partial charge in [0.2, 0.25) is 5.91 Å². The van der Waals surface area contributed by atoms with Crippen molar-refractivity contribution < 1.29 is 9.53 Å². The van der Waals surface area contributed by atoms with Gasteiger partial charge >= 0.3 is 0 Å². The zero-order chi connectivity index (χ0) is 14.5. The second-order valence-electron chi connectivity index (χ2n) is 5.23.